The van der Waals surface area contributed by atoms with Crippen LogP contribution in [-0.2, 0) is 20.9 Å². The van der Waals surface area contributed by atoms with Gasteiger partial charge in [-0.1, -0.05) is 47.0 Å². The van der Waals surface area contributed by atoms with Crippen LogP contribution < -0.4 is 5.32 Å². The quantitative estimate of drug-likeness (QED) is 0.686. The number of carbonyl (C=O) groups excluding carboxylic acids is 2. The normalized spacial score (nSPS) is 10.4. The Morgan fingerprint density at radius 3 is 2.32 bits per heavy atom. The monoisotopic (exact) mass is 397 g/mol. The van der Waals surface area contributed by atoms with Crippen LogP contribution in [0.5, 0.6) is 0 Å². The Kier molecular flexibility index (Phi) is 7.62. The zero-order valence-electron chi connectivity index (χ0n) is 13.6. The van der Waals surface area contributed by atoms with Crippen molar-refractivity contribution < 1.29 is 14.3 Å². The molecule has 0 heterocycles. The summed E-state index contributed by atoms with van der Waals surface area (Å²) in [4.78, 5) is 23.6. The molecule has 132 valence electrons. The lowest BCUT2D eigenvalue weighted by atomic mass is 10.2. The Labute approximate surface area is 160 Å². The molecule has 7 heteroatoms. The zero-order chi connectivity index (χ0) is 18.2. The van der Waals surface area contributed by atoms with Crippen molar-refractivity contribution in [2.45, 2.75) is 13.5 Å². The van der Waals surface area contributed by atoms with Gasteiger partial charge in [-0.3, -0.25) is 9.59 Å². The van der Waals surface area contributed by atoms with Crippen molar-refractivity contribution in [1.82, 2.24) is 0 Å². The average Bonchev–Trinajstić information content (AvgIpc) is 2.56. The first-order valence-corrected chi connectivity index (χ1v) is 9.39. The van der Waals surface area contributed by atoms with Crippen LogP contribution in [0.4, 0.5) is 5.69 Å². The van der Waals surface area contributed by atoms with E-state index in [1.807, 2.05) is 31.2 Å². The van der Waals surface area contributed by atoms with E-state index < -0.39 is 5.97 Å². The highest BCUT2D eigenvalue weighted by Crippen LogP contribution is 2.25. The van der Waals surface area contributed by atoms with Crippen molar-refractivity contribution in [3.05, 3.63) is 63.6 Å². The fraction of sp³-hybridized carbons (Fsp3) is 0.222. The van der Waals surface area contributed by atoms with Crippen LogP contribution in [0.1, 0.15) is 11.1 Å². The Hall–Kier alpha value is -1.69. The lowest BCUT2D eigenvalue weighted by molar-refractivity contribution is -0.141. The number of amides is 1. The summed E-state index contributed by atoms with van der Waals surface area (Å²) in [5, 5.41) is 3.67. The van der Waals surface area contributed by atoms with Gasteiger partial charge in [-0.2, -0.15) is 0 Å². The number of nitrogens with one attached hydrogen (secondary N) is 1. The van der Waals surface area contributed by atoms with Crippen LogP contribution in [0.25, 0.3) is 0 Å². The van der Waals surface area contributed by atoms with E-state index in [9.17, 15) is 9.59 Å². The van der Waals surface area contributed by atoms with E-state index >= 15 is 0 Å². The van der Waals surface area contributed by atoms with Gasteiger partial charge in [-0.25, -0.2) is 0 Å². The van der Waals surface area contributed by atoms with Gasteiger partial charge in [0.05, 0.1) is 11.5 Å². The number of rotatable bonds is 7. The predicted octanol–water partition coefficient (Wildman–Crippen LogP) is 4.72. The van der Waals surface area contributed by atoms with E-state index in [-0.39, 0.29) is 24.0 Å². The predicted molar refractivity (Wildman–Crippen MR) is 103 cm³/mol. The first kappa shape index (κ1) is 19.6. The van der Waals surface area contributed by atoms with Crippen molar-refractivity contribution >= 4 is 52.5 Å². The highest BCUT2D eigenvalue weighted by atomic mass is 35.5. The molecule has 2 aromatic rings. The third-order valence-corrected chi connectivity index (χ3v) is 4.84. The number of esters is 1. The summed E-state index contributed by atoms with van der Waals surface area (Å²) in [7, 11) is 0. The maximum absolute atomic E-state index is 11.8. The molecule has 1 amide bonds. The number of benzene rings is 2. The minimum absolute atomic E-state index is 0.00740. The van der Waals surface area contributed by atoms with Crippen molar-refractivity contribution in [2.24, 2.45) is 0 Å². The summed E-state index contributed by atoms with van der Waals surface area (Å²) in [6.07, 6.45) is 0. The summed E-state index contributed by atoms with van der Waals surface area (Å²) >= 11 is 13.2. The Balaban J connectivity index is 1.69. The first-order valence-electron chi connectivity index (χ1n) is 7.48. The maximum atomic E-state index is 11.8. The van der Waals surface area contributed by atoms with Crippen LogP contribution in [0.3, 0.4) is 0 Å². The van der Waals surface area contributed by atoms with Gasteiger partial charge in [0.15, 0.2) is 0 Å². The van der Waals surface area contributed by atoms with Gasteiger partial charge in [0, 0.05) is 21.3 Å². The molecule has 0 fully saturated rings. The van der Waals surface area contributed by atoms with Crippen LogP contribution in [0.15, 0.2) is 42.5 Å². The topological polar surface area (TPSA) is 55.4 Å². The molecule has 0 spiro atoms. The van der Waals surface area contributed by atoms with Crippen LogP contribution >= 0.6 is 35.0 Å². The molecule has 2 rings (SSSR count). The Bertz CT molecular complexity index is 730. The highest BCUT2D eigenvalue weighted by molar-refractivity contribution is 8.00. The van der Waals surface area contributed by atoms with E-state index in [2.05, 4.69) is 5.32 Å². The van der Waals surface area contributed by atoms with Gasteiger partial charge in [0.1, 0.15) is 6.61 Å². The number of thioether (sulfide) groups is 1. The standard InChI is InChI=1S/C18H17Cl2NO3S/c1-12-5-7-13(8-6-12)21-17(22)10-25-11-18(23)24-9-14-15(19)3-2-4-16(14)20/h2-8H,9-11H2,1H3,(H,21,22). The molecule has 0 saturated heterocycles. The molecule has 4 nitrogen and oxygen atoms in total. The summed E-state index contributed by atoms with van der Waals surface area (Å²) in [5.41, 5.74) is 2.42. The summed E-state index contributed by atoms with van der Waals surface area (Å²) in [6, 6.07) is 12.6. The molecule has 2 aromatic carbocycles. The molecule has 25 heavy (non-hydrogen) atoms. The number of hydrogen-bond acceptors (Lipinski definition) is 4. The highest BCUT2D eigenvalue weighted by Gasteiger charge is 2.10. The molecule has 0 saturated carbocycles. The minimum Gasteiger partial charge on any atom is -0.460 e. The van der Waals surface area contributed by atoms with Crippen molar-refractivity contribution in [3.8, 4) is 0 Å². The summed E-state index contributed by atoms with van der Waals surface area (Å²) in [6.45, 7) is 1.98. The molecule has 0 radical (unpaired) electrons. The maximum Gasteiger partial charge on any atom is 0.316 e. The first-order chi connectivity index (χ1) is 12.0. The summed E-state index contributed by atoms with van der Waals surface area (Å²) < 4.78 is 5.14. The molecular formula is C18H17Cl2NO3S. The number of ether oxygens (including phenoxy) is 1. The van der Waals surface area contributed by atoms with Crippen LogP contribution in [0, 0.1) is 6.92 Å². The van der Waals surface area contributed by atoms with Gasteiger partial charge in [0.25, 0.3) is 0 Å². The molecular weight excluding hydrogens is 381 g/mol. The minimum atomic E-state index is -0.427. The smallest absolute Gasteiger partial charge is 0.316 e. The van der Waals surface area contributed by atoms with Crippen molar-refractivity contribution in [3.63, 3.8) is 0 Å². The SMILES string of the molecule is Cc1ccc(NC(=O)CSCC(=O)OCc2c(Cl)cccc2Cl)cc1. The number of aryl methyl sites for hydroxylation is 1. The largest absolute Gasteiger partial charge is 0.460 e. The third-order valence-electron chi connectivity index (χ3n) is 3.23. The number of anilines is 1. The lowest BCUT2D eigenvalue weighted by Gasteiger charge is -2.08. The van der Waals surface area contributed by atoms with Gasteiger partial charge < -0.3 is 10.1 Å². The second kappa shape index (κ2) is 9.70. The second-order valence-electron chi connectivity index (χ2n) is 5.27. The molecule has 0 aliphatic heterocycles. The zero-order valence-corrected chi connectivity index (χ0v) is 15.9. The molecule has 0 aromatic heterocycles. The fourth-order valence-electron chi connectivity index (χ4n) is 1.93. The summed E-state index contributed by atoms with van der Waals surface area (Å²) in [5.74, 6) is -0.362. The van der Waals surface area contributed by atoms with Gasteiger partial charge in [0.2, 0.25) is 5.91 Å². The molecule has 0 unspecified atom stereocenters. The van der Waals surface area contributed by atoms with Crippen molar-refractivity contribution in [2.75, 3.05) is 16.8 Å². The number of hydrogen-bond donors (Lipinski definition) is 1. The van der Waals surface area contributed by atoms with E-state index in [0.717, 1.165) is 11.3 Å². The fourth-order valence-corrected chi connectivity index (χ4v) is 3.04. The van der Waals surface area contributed by atoms with E-state index in [1.165, 1.54) is 11.8 Å². The van der Waals surface area contributed by atoms with E-state index in [0.29, 0.717) is 15.6 Å². The molecule has 0 aliphatic rings. The molecule has 0 atom stereocenters. The van der Waals surface area contributed by atoms with Gasteiger partial charge in [-0.05, 0) is 31.2 Å². The molecule has 0 bridgehead atoms. The van der Waals surface area contributed by atoms with Crippen molar-refractivity contribution in [1.29, 1.82) is 0 Å². The third kappa shape index (κ3) is 6.61. The number of carbonyl (C=O) groups is 2. The van der Waals surface area contributed by atoms with Gasteiger partial charge in [-0.15, -0.1) is 11.8 Å². The Morgan fingerprint density at radius 1 is 1.04 bits per heavy atom. The lowest BCUT2D eigenvalue weighted by Crippen LogP contribution is -2.16. The van der Waals surface area contributed by atoms with Gasteiger partial charge >= 0.3 is 5.97 Å². The average molecular weight is 398 g/mol. The molecule has 0 aliphatic carbocycles. The van der Waals surface area contributed by atoms with E-state index in [1.54, 1.807) is 18.2 Å². The second-order valence-corrected chi connectivity index (χ2v) is 7.07. The van der Waals surface area contributed by atoms with Crippen LogP contribution in [-0.4, -0.2) is 23.4 Å². The molecule has 1 N–H and O–H groups in total. The van der Waals surface area contributed by atoms with Crippen LogP contribution in [0.2, 0.25) is 10.0 Å². The Morgan fingerprint density at radius 2 is 1.68 bits per heavy atom. The van der Waals surface area contributed by atoms with E-state index in [4.69, 9.17) is 27.9 Å². The number of halogens is 2.